The van der Waals surface area contributed by atoms with E-state index in [2.05, 4.69) is 15.6 Å². The van der Waals surface area contributed by atoms with Crippen LogP contribution in [-0.2, 0) is 11.2 Å². The molecule has 0 saturated carbocycles. The SMILES string of the molecule is COc1cc(NC(=O)CCc2csc(NC(=O)c3ccco3)n2)cc(OC)c1OC. The normalized spacial score (nSPS) is 10.4. The van der Waals surface area contributed by atoms with Crippen LogP contribution in [0.5, 0.6) is 17.2 Å². The molecule has 0 radical (unpaired) electrons. The zero-order valence-corrected chi connectivity index (χ0v) is 17.5. The maximum atomic E-state index is 12.3. The summed E-state index contributed by atoms with van der Waals surface area (Å²) in [7, 11) is 4.53. The molecular formula is C20H21N3O6S. The van der Waals surface area contributed by atoms with Crippen molar-refractivity contribution in [3.05, 3.63) is 47.4 Å². The highest BCUT2D eigenvalue weighted by atomic mass is 32.1. The van der Waals surface area contributed by atoms with E-state index in [1.807, 2.05) is 0 Å². The number of furan rings is 1. The minimum absolute atomic E-state index is 0.196. The Hall–Kier alpha value is -3.53. The number of thiazole rings is 1. The van der Waals surface area contributed by atoms with Crippen LogP contribution in [0.15, 0.2) is 40.3 Å². The molecule has 3 aromatic rings. The second kappa shape index (κ2) is 9.79. The monoisotopic (exact) mass is 431 g/mol. The number of anilines is 2. The van der Waals surface area contributed by atoms with Crippen molar-refractivity contribution in [2.75, 3.05) is 32.0 Å². The number of carbonyl (C=O) groups is 2. The van der Waals surface area contributed by atoms with Gasteiger partial charge in [0.2, 0.25) is 11.7 Å². The maximum absolute atomic E-state index is 12.3. The smallest absolute Gasteiger partial charge is 0.293 e. The molecule has 0 aliphatic carbocycles. The zero-order chi connectivity index (χ0) is 21.5. The molecule has 0 unspecified atom stereocenters. The highest BCUT2D eigenvalue weighted by Crippen LogP contribution is 2.39. The minimum atomic E-state index is -0.374. The van der Waals surface area contributed by atoms with E-state index in [9.17, 15) is 9.59 Å². The molecule has 2 heterocycles. The van der Waals surface area contributed by atoms with Gasteiger partial charge in [-0.15, -0.1) is 11.3 Å². The summed E-state index contributed by atoms with van der Waals surface area (Å²) in [6.07, 6.45) is 2.06. The standard InChI is InChI=1S/C20H21N3O6S/c1-26-15-9-13(10-16(27-2)18(15)28-3)21-17(24)7-6-12-11-30-20(22-12)23-19(25)14-5-4-8-29-14/h4-5,8-11H,6-7H2,1-3H3,(H,21,24)(H,22,23,25). The number of ether oxygens (including phenoxy) is 3. The molecule has 0 fully saturated rings. The molecule has 9 nitrogen and oxygen atoms in total. The molecule has 2 N–H and O–H groups in total. The largest absolute Gasteiger partial charge is 0.493 e. The molecule has 158 valence electrons. The zero-order valence-electron chi connectivity index (χ0n) is 16.7. The predicted octanol–water partition coefficient (Wildman–Crippen LogP) is 3.59. The van der Waals surface area contributed by atoms with Gasteiger partial charge in [0.25, 0.3) is 5.91 Å². The minimum Gasteiger partial charge on any atom is -0.493 e. The Morgan fingerprint density at radius 2 is 1.83 bits per heavy atom. The molecule has 0 aliphatic rings. The van der Waals surface area contributed by atoms with E-state index < -0.39 is 0 Å². The number of nitrogens with zero attached hydrogens (tertiary/aromatic N) is 1. The lowest BCUT2D eigenvalue weighted by molar-refractivity contribution is -0.116. The van der Waals surface area contributed by atoms with Crippen molar-refractivity contribution in [3.8, 4) is 17.2 Å². The molecule has 1 aromatic carbocycles. The van der Waals surface area contributed by atoms with E-state index in [1.54, 1.807) is 29.6 Å². The van der Waals surface area contributed by atoms with Gasteiger partial charge < -0.3 is 23.9 Å². The number of hydrogen-bond donors (Lipinski definition) is 2. The Bertz CT molecular complexity index is 990. The van der Waals surface area contributed by atoms with Crippen LogP contribution in [-0.4, -0.2) is 38.1 Å². The van der Waals surface area contributed by atoms with Crippen LogP contribution in [0.2, 0.25) is 0 Å². The number of carbonyl (C=O) groups excluding carboxylic acids is 2. The number of aryl methyl sites for hydroxylation is 1. The van der Waals surface area contributed by atoms with Crippen molar-refractivity contribution in [1.29, 1.82) is 0 Å². The molecular weight excluding hydrogens is 410 g/mol. The first-order valence-corrected chi connectivity index (χ1v) is 9.81. The predicted molar refractivity (Wildman–Crippen MR) is 112 cm³/mol. The number of aromatic nitrogens is 1. The van der Waals surface area contributed by atoms with Gasteiger partial charge in [-0.05, 0) is 18.6 Å². The topological polar surface area (TPSA) is 112 Å². The molecule has 0 saturated heterocycles. The first-order valence-electron chi connectivity index (χ1n) is 8.93. The summed E-state index contributed by atoms with van der Waals surface area (Å²) in [5.74, 6) is 0.979. The Kier molecular flexibility index (Phi) is 6.91. The van der Waals surface area contributed by atoms with Gasteiger partial charge in [0.05, 0.1) is 33.3 Å². The van der Waals surface area contributed by atoms with Crippen LogP contribution in [0.3, 0.4) is 0 Å². The molecule has 30 heavy (non-hydrogen) atoms. The summed E-state index contributed by atoms with van der Waals surface area (Å²) in [6, 6.07) is 6.51. The Morgan fingerprint density at radius 1 is 1.10 bits per heavy atom. The number of amides is 2. The summed E-state index contributed by atoms with van der Waals surface area (Å²) in [6.45, 7) is 0. The average molecular weight is 431 g/mol. The summed E-state index contributed by atoms with van der Waals surface area (Å²) in [4.78, 5) is 28.6. The summed E-state index contributed by atoms with van der Waals surface area (Å²) in [5.41, 5.74) is 1.23. The molecule has 2 amide bonds. The fourth-order valence-electron chi connectivity index (χ4n) is 2.66. The Labute approximate surface area is 177 Å². The number of methoxy groups -OCH3 is 3. The van der Waals surface area contributed by atoms with Crippen molar-refractivity contribution in [2.24, 2.45) is 0 Å². The van der Waals surface area contributed by atoms with E-state index in [-0.39, 0.29) is 24.0 Å². The van der Waals surface area contributed by atoms with Gasteiger partial charge in [0.15, 0.2) is 22.4 Å². The van der Waals surface area contributed by atoms with Crippen molar-refractivity contribution < 1.29 is 28.2 Å². The van der Waals surface area contributed by atoms with Gasteiger partial charge in [-0.1, -0.05) is 0 Å². The van der Waals surface area contributed by atoms with Crippen molar-refractivity contribution in [2.45, 2.75) is 12.8 Å². The van der Waals surface area contributed by atoms with Gasteiger partial charge in [-0.3, -0.25) is 14.9 Å². The van der Waals surface area contributed by atoms with E-state index in [0.717, 1.165) is 0 Å². The van der Waals surface area contributed by atoms with Crippen molar-refractivity contribution in [3.63, 3.8) is 0 Å². The fraction of sp³-hybridized carbons (Fsp3) is 0.250. The van der Waals surface area contributed by atoms with E-state index in [1.165, 1.54) is 38.9 Å². The molecule has 0 atom stereocenters. The number of rotatable bonds is 9. The first-order chi connectivity index (χ1) is 14.5. The fourth-order valence-corrected chi connectivity index (χ4v) is 3.40. The Balaban J connectivity index is 1.56. The lowest BCUT2D eigenvalue weighted by Crippen LogP contribution is -2.13. The third-order valence-corrected chi connectivity index (χ3v) is 4.88. The second-order valence-electron chi connectivity index (χ2n) is 6.04. The van der Waals surface area contributed by atoms with Gasteiger partial charge in [-0.25, -0.2) is 4.98 Å². The molecule has 0 spiro atoms. The lowest BCUT2D eigenvalue weighted by Gasteiger charge is -2.14. The van der Waals surface area contributed by atoms with Gasteiger partial charge >= 0.3 is 0 Å². The van der Waals surface area contributed by atoms with Crippen LogP contribution in [0, 0.1) is 0 Å². The molecule has 0 aliphatic heterocycles. The van der Waals surface area contributed by atoms with Crippen LogP contribution < -0.4 is 24.8 Å². The third kappa shape index (κ3) is 5.09. The van der Waals surface area contributed by atoms with Crippen LogP contribution in [0.1, 0.15) is 22.7 Å². The van der Waals surface area contributed by atoms with Gasteiger partial charge in [0.1, 0.15) is 0 Å². The van der Waals surface area contributed by atoms with Crippen LogP contribution >= 0.6 is 11.3 Å². The van der Waals surface area contributed by atoms with E-state index >= 15 is 0 Å². The summed E-state index contributed by atoms with van der Waals surface area (Å²) >= 11 is 1.28. The number of benzene rings is 1. The highest BCUT2D eigenvalue weighted by molar-refractivity contribution is 7.13. The summed E-state index contributed by atoms with van der Waals surface area (Å²) in [5, 5.41) is 7.71. The average Bonchev–Trinajstić information content (AvgIpc) is 3.43. The first kappa shape index (κ1) is 21.2. The third-order valence-electron chi connectivity index (χ3n) is 4.07. The number of nitrogens with one attached hydrogen (secondary N) is 2. The maximum Gasteiger partial charge on any atom is 0.293 e. The quantitative estimate of drug-likeness (QED) is 0.532. The summed E-state index contributed by atoms with van der Waals surface area (Å²) < 4.78 is 20.9. The molecule has 0 bridgehead atoms. The highest BCUT2D eigenvalue weighted by Gasteiger charge is 2.15. The van der Waals surface area contributed by atoms with Crippen LogP contribution in [0.25, 0.3) is 0 Å². The second-order valence-corrected chi connectivity index (χ2v) is 6.90. The van der Waals surface area contributed by atoms with Crippen molar-refractivity contribution >= 4 is 34.0 Å². The van der Waals surface area contributed by atoms with E-state index in [4.69, 9.17) is 18.6 Å². The lowest BCUT2D eigenvalue weighted by atomic mass is 10.2. The van der Waals surface area contributed by atoms with E-state index in [0.29, 0.717) is 40.2 Å². The van der Waals surface area contributed by atoms with Crippen LogP contribution in [0.4, 0.5) is 10.8 Å². The van der Waals surface area contributed by atoms with Gasteiger partial charge in [0, 0.05) is 29.6 Å². The molecule has 3 rings (SSSR count). The Morgan fingerprint density at radius 3 is 2.43 bits per heavy atom. The van der Waals surface area contributed by atoms with Crippen molar-refractivity contribution in [1.82, 2.24) is 4.98 Å². The molecule has 10 heteroatoms. The number of hydrogen-bond acceptors (Lipinski definition) is 8. The van der Waals surface area contributed by atoms with Gasteiger partial charge in [-0.2, -0.15) is 0 Å². The molecule has 2 aromatic heterocycles.